The van der Waals surface area contributed by atoms with Gasteiger partial charge in [0.25, 0.3) is 0 Å². The van der Waals surface area contributed by atoms with Crippen LogP contribution < -0.4 is 4.74 Å². The molecule has 0 aliphatic rings. The van der Waals surface area contributed by atoms with Crippen LogP contribution in [0.3, 0.4) is 0 Å². The van der Waals surface area contributed by atoms with Crippen molar-refractivity contribution in [1.29, 1.82) is 0 Å². The molecule has 2 aromatic rings. The number of hydrogen-bond donors (Lipinski definition) is 0. The van der Waals surface area contributed by atoms with Gasteiger partial charge in [-0.3, -0.25) is 4.79 Å². The summed E-state index contributed by atoms with van der Waals surface area (Å²) in [7, 11) is 1.43. The summed E-state index contributed by atoms with van der Waals surface area (Å²) in [4.78, 5) is 12.2. The van der Waals surface area contributed by atoms with E-state index in [1.807, 2.05) is 0 Å². The highest BCUT2D eigenvalue weighted by molar-refractivity contribution is 9.10. The van der Waals surface area contributed by atoms with Crippen LogP contribution in [0.25, 0.3) is 0 Å². The molecule has 0 bridgehead atoms. The lowest BCUT2D eigenvalue weighted by Crippen LogP contribution is -2.05. The lowest BCUT2D eigenvalue weighted by molar-refractivity contribution is 0.103. The van der Waals surface area contributed by atoms with Crippen molar-refractivity contribution in [2.45, 2.75) is 0 Å². The molecule has 0 amide bonds. The van der Waals surface area contributed by atoms with Crippen molar-refractivity contribution < 1.29 is 18.3 Å². The van der Waals surface area contributed by atoms with Crippen molar-refractivity contribution in [3.63, 3.8) is 0 Å². The maximum absolute atomic E-state index is 13.1. The number of rotatable bonds is 3. The predicted molar refractivity (Wildman–Crippen MR) is 70.5 cm³/mol. The fourth-order valence-corrected chi connectivity index (χ4v) is 1.99. The predicted octanol–water partition coefficient (Wildman–Crippen LogP) is 3.97. The Hall–Kier alpha value is -1.75. The average Bonchev–Trinajstić information content (AvgIpc) is 2.41. The van der Waals surface area contributed by atoms with Crippen molar-refractivity contribution in [2.75, 3.05) is 7.11 Å². The van der Waals surface area contributed by atoms with Crippen LogP contribution in [0.5, 0.6) is 5.75 Å². The Bertz CT molecular complexity index is 641. The van der Waals surface area contributed by atoms with E-state index in [9.17, 15) is 13.6 Å². The van der Waals surface area contributed by atoms with Crippen molar-refractivity contribution in [3.8, 4) is 5.75 Å². The lowest BCUT2D eigenvalue weighted by Gasteiger charge is -2.08. The third kappa shape index (κ3) is 2.81. The Kier molecular flexibility index (Phi) is 3.95. The van der Waals surface area contributed by atoms with Gasteiger partial charge in [0.2, 0.25) is 0 Å². The summed E-state index contributed by atoms with van der Waals surface area (Å²) in [6.45, 7) is 0. The van der Waals surface area contributed by atoms with Crippen LogP contribution in [0.1, 0.15) is 15.9 Å². The molecule has 19 heavy (non-hydrogen) atoms. The Morgan fingerprint density at radius 2 is 1.84 bits per heavy atom. The van der Waals surface area contributed by atoms with E-state index >= 15 is 0 Å². The SMILES string of the molecule is COc1cc(Br)ccc1C(=O)c1ccc(F)c(F)c1. The second kappa shape index (κ2) is 5.48. The second-order valence-corrected chi connectivity index (χ2v) is 4.72. The molecule has 0 N–H and O–H groups in total. The van der Waals surface area contributed by atoms with Gasteiger partial charge >= 0.3 is 0 Å². The topological polar surface area (TPSA) is 26.3 Å². The van der Waals surface area contributed by atoms with Crippen molar-refractivity contribution in [2.24, 2.45) is 0 Å². The van der Waals surface area contributed by atoms with Crippen molar-refractivity contribution in [3.05, 3.63) is 63.6 Å². The normalized spacial score (nSPS) is 10.3. The van der Waals surface area contributed by atoms with E-state index in [1.165, 1.54) is 13.2 Å². The molecule has 0 heterocycles. The fourth-order valence-electron chi connectivity index (χ4n) is 1.65. The summed E-state index contributed by atoms with van der Waals surface area (Å²) in [6.07, 6.45) is 0. The molecule has 2 aromatic carbocycles. The standard InChI is InChI=1S/C14H9BrF2O2/c1-19-13-7-9(15)3-4-10(13)14(18)8-2-5-11(16)12(17)6-8/h2-7H,1H3. The Balaban J connectivity index is 2.46. The average molecular weight is 327 g/mol. The van der Waals surface area contributed by atoms with E-state index in [4.69, 9.17) is 4.74 Å². The number of carbonyl (C=O) groups excluding carboxylic acids is 1. The maximum atomic E-state index is 13.1. The minimum atomic E-state index is -1.05. The first-order valence-corrected chi connectivity index (χ1v) is 6.15. The smallest absolute Gasteiger partial charge is 0.196 e. The first-order valence-electron chi connectivity index (χ1n) is 5.36. The summed E-state index contributed by atoms with van der Waals surface area (Å²) in [6, 6.07) is 7.91. The van der Waals surface area contributed by atoms with Gasteiger partial charge in [0.1, 0.15) is 5.75 Å². The number of ketones is 1. The van der Waals surface area contributed by atoms with Crippen LogP contribution in [0.2, 0.25) is 0 Å². The van der Waals surface area contributed by atoms with Crippen LogP contribution >= 0.6 is 15.9 Å². The zero-order valence-corrected chi connectivity index (χ0v) is 11.5. The quantitative estimate of drug-likeness (QED) is 0.798. The van der Waals surface area contributed by atoms with E-state index in [1.54, 1.807) is 18.2 Å². The van der Waals surface area contributed by atoms with Crippen LogP contribution in [0, 0.1) is 11.6 Å². The van der Waals surface area contributed by atoms with Gasteiger partial charge in [-0.2, -0.15) is 0 Å². The maximum Gasteiger partial charge on any atom is 0.196 e. The minimum absolute atomic E-state index is 0.0690. The fraction of sp³-hybridized carbons (Fsp3) is 0.0714. The third-order valence-corrected chi connectivity index (χ3v) is 3.08. The number of benzene rings is 2. The molecule has 0 aliphatic heterocycles. The minimum Gasteiger partial charge on any atom is -0.496 e. The van der Waals surface area contributed by atoms with E-state index in [0.717, 1.165) is 16.6 Å². The Morgan fingerprint density at radius 3 is 2.47 bits per heavy atom. The molecule has 0 saturated carbocycles. The van der Waals surface area contributed by atoms with Gasteiger partial charge in [0.05, 0.1) is 12.7 Å². The molecular weight excluding hydrogens is 318 g/mol. The zero-order valence-electron chi connectivity index (χ0n) is 9.91. The second-order valence-electron chi connectivity index (χ2n) is 3.80. The highest BCUT2D eigenvalue weighted by atomic mass is 79.9. The van der Waals surface area contributed by atoms with Gasteiger partial charge in [-0.25, -0.2) is 8.78 Å². The van der Waals surface area contributed by atoms with Crippen LogP contribution in [-0.2, 0) is 0 Å². The van der Waals surface area contributed by atoms with Gasteiger partial charge in [0.15, 0.2) is 17.4 Å². The van der Waals surface area contributed by atoms with Crippen molar-refractivity contribution in [1.82, 2.24) is 0 Å². The van der Waals surface area contributed by atoms with Crippen LogP contribution in [0.4, 0.5) is 8.78 Å². The number of hydrogen-bond acceptors (Lipinski definition) is 2. The summed E-state index contributed by atoms with van der Waals surface area (Å²) >= 11 is 3.26. The number of carbonyl (C=O) groups is 1. The summed E-state index contributed by atoms with van der Waals surface area (Å²) in [5.41, 5.74) is 0.358. The molecule has 2 nitrogen and oxygen atoms in total. The van der Waals surface area contributed by atoms with Crippen LogP contribution in [-0.4, -0.2) is 12.9 Å². The molecule has 0 saturated heterocycles. The first kappa shape index (κ1) is 13.7. The molecule has 0 unspecified atom stereocenters. The highest BCUT2D eigenvalue weighted by Crippen LogP contribution is 2.26. The molecule has 0 radical (unpaired) electrons. The molecular formula is C14H9BrF2O2. The Morgan fingerprint density at radius 1 is 1.11 bits per heavy atom. The zero-order chi connectivity index (χ0) is 14.0. The summed E-state index contributed by atoms with van der Waals surface area (Å²) in [5.74, 6) is -2.10. The molecule has 5 heteroatoms. The van der Waals surface area contributed by atoms with Crippen molar-refractivity contribution >= 4 is 21.7 Å². The molecule has 0 aromatic heterocycles. The number of ether oxygens (including phenoxy) is 1. The van der Waals surface area contributed by atoms with Gasteiger partial charge in [0, 0.05) is 10.0 Å². The van der Waals surface area contributed by atoms with Gasteiger partial charge in [-0.05, 0) is 36.4 Å². The van der Waals surface area contributed by atoms with E-state index < -0.39 is 17.4 Å². The molecule has 0 atom stereocenters. The third-order valence-electron chi connectivity index (χ3n) is 2.59. The van der Waals surface area contributed by atoms with Gasteiger partial charge in [-0.1, -0.05) is 15.9 Å². The monoisotopic (exact) mass is 326 g/mol. The van der Waals surface area contributed by atoms with Gasteiger partial charge < -0.3 is 4.74 Å². The highest BCUT2D eigenvalue weighted by Gasteiger charge is 2.16. The van der Waals surface area contributed by atoms with Gasteiger partial charge in [-0.15, -0.1) is 0 Å². The summed E-state index contributed by atoms with van der Waals surface area (Å²) < 4.78 is 31.8. The summed E-state index contributed by atoms with van der Waals surface area (Å²) in [5, 5.41) is 0. The van der Waals surface area contributed by atoms with E-state index in [-0.39, 0.29) is 11.1 Å². The molecule has 0 fully saturated rings. The lowest BCUT2D eigenvalue weighted by atomic mass is 10.0. The largest absolute Gasteiger partial charge is 0.496 e. The number of halogens is 3. The number of methoxy groups -OCH3 is 1. The molecule has 2 rings (SSSR count). The molecule has 0 spiro atoms. The van der Waals surface area contributed by atoms with E-state index in [0.29, 0.717) is 5.75 Å². The molecule has 0 aliphatic carbocycles. The van der Waals surface area contributed by atoms with E-state index in [2.05, 4.69) is 15.9 Å². The molecule has 98 valence electrons. The van der Waals surface area contributed by atoms with Crippen LogP contribution in [0.15, 0.2) is 40.9 Å². The Labute approximate surface area is 117 Å². The first-order chi connectivity index (χ1) is 9.02.